The van der Waals surface area contributed by atoms with Crippen LogP contribution in [0.4, 0.5) is 0 Å². The summed E-state index contributed by atoms with van der Waals surface area (Å²) in [6.07, 6.45) is 3.94. The van der Waals surface area contributed by atoms with Crippen molar-refractivity contribution in [3.8, 4) is 0 Å². The fourth-order valence-corrected chi connectivity index (χ4v) is 3.93. The van der Waals surface area contributed by atoms with Gasteiger partial charge in [-0.2, -0.15) is 10.1 Å². The lowest BCUT2D eigenvalue weighted by Crippen LogP contribution is -2.42. The van der Waals surface area contributed by atoms with E-state index in [1.54, 1.807) is 6.92 Å². The third-order valence-electron chi connectivity index (χ3n) is 5.56. The first-order valence-corrected chi connectivity index (χ1v) is 9.81. The Balaban J connectivity index is 1.33. The number of amides is 1. The first-order chi connectivity index (χ1) is 13.0. The van der Waals surface area contributed by atoms with Crippen LogP contribution < -0.4 is 0 Å². The van der Waals surface area contributed by atoms with E-state index in [9.17, 15) is 4.79 Å². The molecule has 3 heterocycles. The lowest BCUT2D eigenvalue weighted by molar-refractivity contribution is -0.130. The predicted molar refractivity (Wildman–Crippen MR) is 99.0 cm³/mol. The number of rotatable bonds is 7. The lowest BCUT2D eigenvalue weighted by atomic mass is 10.2. The first-order valence-electron chi connectivity index (χ1n) is 9.81. The van der Waals surface area contributed by atoms with Gasteiger partial charge in [-0.15, -0.1) is 0 Å². The molecule has 4 rings (SSSR count). The highest BCUT2D eigenvalue weighted by molar-refractivity contribution is 5.73. The average molecular weight is 372 g/mol. The number of hydrogen-bond acceptors (Lipinski definition) is 6. The molecule has 0 spiro atoms. The fraction of sp³-hybridized carbons (Fsp3) is 0.684. The first kappa shape index (κ1) is 18.2. The monoisotopic (exact) mass is 372 g/mol. The molecule has 0 radical (unpaired) electrons. The zero-order chi connectivity index (χ0) is 19.0. The number of aryl methyl sites for hydroxylation is 2. The highest BCUT2D eigenvalue weighted by Gasteiger charge is 2.31. The van der Waals surface area contributed by atoms with E-state index >= 15 is 0 Å². The quantitative estimate of drug-likeness (QED) is 0.735. The molecule has 27 heavy (non-hydrogen) atoms. The van der Waals surface area contributed by atoms with Gasteiger partial charge < -0.3 is 9.42 Å². The van der Waals surface area contributed by atoms with Crippen LogP contribution >= 0.6 is 0 Å². The van der Waals surface area contributed by atoms with Crippen LogP contribution in [-0.4, -0.2) is 61.3 Å². The maximum Gasteiger partial charge on any atom is 0.229 e. The largest absolute Gasteiger partial charge is 0.339 e. The summed E-state index contributed by atoms with van der Waals surface area (Å²) in [5.41, 5.74) is 2.25. The third kappa shape index (κ3) is 4.21. The molecule has 1 saturated carbocycles. The molecule has 2 aliphatic rings. The molecular formula is C19H28N6O2. The molecule has 0 aromatic carbocycles. The number of carbonyl (C=O) groups excluding carboxylic acids is 1. The van der Waals surface area contributed by atoms with Crippen LogP contribution in [-0.2, 0) is 24.8 Å². The van der Waals surface area contributed by atoms with E-state index < -0.39 is 0 Å². The van der Waals surface area contributed by atoms with Gasteiger partial charge >= 0.3 is 0 Å². The maximum absolute atomic E-state index is 12.2. The normalized spacial score (nSPS) is 20.3. The van der Waals surface area contributed by atoms with Crippen LogP contribution in [0.2, 0.25) is 0 Å². The van der Waals surface area contributed by atoms with Gasteiger partial charge in [0.25, 0.3) is 0 Å². The van der Waals surface area contributed by atoms with E-state index in [0.29, 0.717) is 24.7 Å². The van der Waals surface area contributed by atoms with E-state index in [0.717, 1.165) is 50.5 Å². The van der Waals surface area contributed by atoms with Crippen molar-refractivity contribution in [2.75, 3.05) is 19.6 Å². The van der Waals surface area contributed by atoms with E-state index in [2.05, 4.69) is 26.2 Å². The topological polar surface area (TPSA) is 80.3 Å². The van der Waals surface area contributed by atoms with Gasteiger partial charge in [0.2, 0.25) is 11.8 Å². The molecule has 8 nitrogen and oxygen atoms in total. The molecule has 2 aromatic heterocycles. The zero-order valence-electron chi connectivity index (χ0n) is 16.4. The second-order valence-corrected chi connectivity index (χ2v) is 7.86. The van der Waals surface area contributed by atoms with Gasteiger partial charge in [-0.05, 0) is 32.3 Å². The lowest BCUT2D eigenvalue weighted by Gasteiger charge is -2.27. The second kappa shape index (κ2) is 7.42. The van der Waals surface area contributed by atoms with Crippen molar-refractivity contribution in [1.29, 1.82) is 0 Å². The van der Waals surface area contributed by atoms with Gasteiger partial charge in [-0.1, -0.05) is 5.16 Å². The van der Waals surface area contributed by atoms with Crippen molar-refractivity contribution >= 4 is 5.91 Å². The minimum Gasteiger partial charge on any atom is -0.339 e. The molecule has 1 atom stereocenters. The molecule has 2 fully saturated rings. The molecule has 1 aliphatic carbocycles. The van der Waals surface area contributed by atoms with Crippen molar-refractivity contribution in [2.24, 2.45) is 7.05 Å². The standard InChI is InChI=1S/C19H28N6O2/c1-13-10-17(23(3)21-13)12-24-8-6-16(11-24)25(14(2)26)9-7-18-20-19(27-22-18)15-4-5-15/h10,15-16H,4-9,11-12H2,1-3H3. The number of nitrogens with zero attached hydrogens (tertiary/aromatic N) is 6. The van der Waals surface area contributed by atoms with E-state index in [4.69, 9.17) is 4.52 Å². The third-order valence-corrected chi connectivity index (χ3v) is 5.56. The van der Waals surface area contributed by atoms with Crippen LogP contribution in [0.5, 0.6) is 0 Å². The molecule has 1 amide bonds. The SMILES string of the molecule is CC(=O)N(CCc1noc(C2CC2)n1)C1CCN(Cc2cc(C)nn2C)C1. The summed E-state index contributed by atoms with van der Waals surface area (Å²) in [6, 6.07) is 2.37. The summed E-state index contributed by atoms with van der Waals surface area (Å²) >= 11 is 0. The number of likely N-dealkylation sites (tertiary alicyclic amines) is 1. The molecular weight excluding hydrogens is 344 g/mol. The Hall–Kier alpha value is -2.22. The van der Waals surface area contributed by atoms with E-state index in [1.807, 2.05) is 23.6 Å². The molecule has 1 saturated heterocycles. The van der Waals surface area contributed by atoms with Gasteiger partial charge in [0.05, 0.1) is 11.4 Å². The molecule has 146 valence electrons. The predicted octanol–water partition coefficient (Wildman–Crippen LogP) is 1.65. The highest BCUT2D eigenvalue weighted by Crippen LogP contribution is 2.38. The smallest absolute Gasteiger partial charge is 0.229 e. The van der Waals surface area contributed by atoms with Gasteiger partial charge in [-0.25, -0.2) is 0 Å². The summed E-state index contributed by atoms with van der Waals surface area (Å²) in [5, 5.41) is 8.49. The Morgan fingerprint density at radius 2 is 2.19 bits per heavy atom. The molecule has 1 unspecified atom stereocenters. The Bertz CT molecular complexity index is 809. The van der Waals surface area contributed by atoms with Crippen LogP contribution in [0.1, 0.15) is 55.2 Å². The second-order valence-electron chi connectivity index (χ2n) is 7.86. The van der Waals surface area contributed by atoms with E-state index in [-0.39, 0.29) is 11.9 Å². The van der Waals surface area contributed by atoms with Gasteiger partial charge in [0.15, 0.2) is 5.82 Å². The summed E-state index contributed by atoms with van der Waals surface area (Å²) in [4.78, 5) is 21.1. The molecule has 8 heteroatoms. The Morgan fingerprint density at radius 1 is 1.37 bits per heavy atom. The van der Waals surface area contributed by atoms with Crippen molar-refractivity contribution in [3.05, 3.63) is 29.2 Å². The van der Waals surface area contributed by atoms with Crippen LogP contribution in [0.15, 0.2) is 10.6 Å². The maximum atomic E-state index is 12.2. The number of hydrogen-bond donors (Lipinski definition) is 0. The van der Waals surface area contributed by atoms with Crippen LogP contribution in [0, 0.1) is 6.92 Å². The Morgan fingerprint density at radius 3 is 2.85 bits per heavy atom. The Kier molecular flexibility index (Phi) is 4.99. The Labute approximate surface area is 159 Å². The molecule has 2 aromatic rings. The van der Waals surface area contributed by atoms with Gasteiger partial charge in [-0.3, -0.25) is 14.4 Å². The van der Waals surface area contributed by atoms with Crippen LogP contribution in [0.25, 0.3) is 0 Å². The van der Waals surface area contributed by atoms with Crippen molar-refractivity contribution < 1.29 is 9.32 Å². The highest BCUT2D eigenvalue weighted by atomic mass is 16.5. The van der Waals surface area contributed by atoms with Crippen LogP contribution in [0.3, 0.4) is 0 Å². The molecule has 0 N–H and O–H groups in total. The minimum atomic E-state index is 0.115. The van der Waals surface area contributed by atoms with Crippen molar-refractivity contribution in [2.45, 2.75) is 58.0 Å². The number of carbonyl (C=O) groups is 1. The summed E-state index contributed by atoms with van der Waals surface area (Å²) in [5.74, 6) is 2.06. The molecule has 1 aliphatic heterocycles. The summed E-state index contributed by atoms with van der Waals surface area (Å²) < 4.78 is 7.27. The van der Waals surface area contributed by atoms with E-state index in [1.165, 1.54) is 5.69 Å². The van der Waals surface area contributed by atoms with Crippen molar-refractivity contribution in [1.82, 2.24) is 29.7 Å². The van der Waals surface area contributed by atoms with Gasteiger partial charge in [0.1, 0.15) is 0 Å². The number of aromatic nitrogens is 4. The fourth-order valence-electron chi connectivity index (χ4n) is 3.93. The summed E-state index contributed by atoms with van der Waals surface area (Å²) in [7, 11) is 1.98. The molecule has 0 bridgehead atoms. The average Bonchev–Trinajstić information content (AvgIpc) is 3.03. The minimum absolute atomic E-state index is 0.115. The van der Waals surface area contributed by atoms with Gasteiger partial charge in [0, 0.05) is 58.5 Å². The van der Waals surface area contributed by atoms with Crippen molar-refractivity contribution in [3.63, 3.8) is 0 Å². The zero-order valence-corrected chi connectivity index (χ0v) is 16.4. The summed E-state index contributed by atoms with van der Waals surface area (Å²) in [6.45, 7) is 7.06.